The molecule has 1 aromatic carbocycles. The third-order valence-electron chi connectivity index (χ3n) is 3.39. The van der Waals surface area contributed by atoms with Crippen LogP contribution in [0.5, 0.6) is 0 Å². The third-order valence-corrected chi connectivity index (χ3v) is 6.35. The number of amides is 1. The van der Waals surface area contributed by atoms with Crippen LogP contribution in [0.25, 0.3) is 0 Å². The summed E-state index contributed by atoms with van der Waals surface area (Å²) in [6, 6.07) is 9.09. The summed E-state index contributed by atoms with van der Waals surface area (Å²) in [4.78, 5) is 14.7. The Labute approximate surface area is 149 Å². The van der Waals surface area contributed by atoms with Crippen molar-refractivity contribution in [1.82, 2.24) is 4.90 Å². The number of rotatable bonds is 6. The molecule has 0 radical (unpaired) electrons. The average Bonchev–Trinajstić information content (AvgIpc) is 2.83. The number of hydrogen-bond donors (Lipinski definition) is 0. The normalized spacial score (nSPS) is 11.4. The molecular formula is C16H18BrNO3S2. The minimum absolute atomic E-state index is 0.135. The Balaban J connectivity index is 1.99. The molecule has 4 nitrogen and oxygen atoms in total. The zero-order valence-electron chi connectivity index (χ0n) is 13.0. The van der Waals surface area contributed by atoms with Crippen LogP contribution in [0.4, 0.5) is 0 Å². The number of benzene rings is 1. The molecule has 0 saturated carbocycles. The number of thiophene rings is 1. The van der Waals surface area contributed by atoms with E-state index in [1.165, 1.54) is 4.90 Å². The van der Waals surface area contributed by atoms with E-state index < -0.39 is 15.6 Å². The highest BCUT2D eigenvalue weighted by atomic mass is 79.9. The summed E-state index contributed by atoms with van der Waals surface area (Å²) < 4.78 is 25.3. The molecule has 1 aromatic heterocycles. The number of halogens is 1. The van der Waals surface area contributed by atoms with Crippen molar-refractivity contribution in [1.29, 1.82) is 0 Å². The molecular weight excluding hydrogens is 398 g/mol. The maximum atomic E-state index is 12.2. The average molecular weight is 416 g/mol. The molecule has 2 rings (SSSR count). The zero-order valence-corrected chi connectivity index (χ0v) is 16.2. The summed E-state index contributed by atoms with van der Waals surface area (Å²) in [5.74, 6) is -0.988. The number of carbonyl (C=O) groups is 1. The fourth-order valence-electron chi connectivity index (χ4n) is 2.10. The molecule has 23 heavy (non-hydrogen) atoms. The largest absolute Gasteiger partial charge is 0.340 e. The van der Waals surface area contributed by atoms with Crippen LogP contribution in [0.1, 0.15) is 16.0 Å². The van der Waals surface area contributed by atoms with Gasteiger partial charge in [0.15, 0.2) is 9.84 Å². The van der Waals surface area contributed by atoms with Crippen molar-refractivity contribution in [2.45, 2.75) is 19.2 Å². The SMILES string of the molecule is Cc1ccsc1CN(C)C(=O)CS(=O)(=O)Cc1cccc(Br)c1. The van der Waals surface area contributed by atoms with E-state index in [1.54, 1.807) is 36.6 Å². The lowest BCUT2D eigenvalue weighted by Gasteiger charge is -2.17. The molecule has 0 aliphatic heterocycles. The molecule has 124 valence electrons. The van der Waals surface area contributed by atoms with Crippen LogP contribution < -0.4 is 0 Å². The van der Waals surface area contributed by atoms with Crippen molar-refractivity contribution in [3.05, 3.63) is 56.2 Å². The van der Waals surface area contributed by atoms with E-state index in [0.29, 0.717) is 12.1 Å². The molecule has 1 heterocycles. The number of carbonyl (C=O) groups excluding carboxylic acids is 1. The number of nitrogens with zero attached hydrogens (tertiary/aromatic N) is 1. The first kappa shape index (κ1) is 18.2. The molecule has 0 bridgehead atoms. The van der Waals surface area contributed by atoms with Crippen LogP contribution in [0.3, 0.4) is 0 Å². The molecule has 0 aliphatic rings. The van der Waals surface area contributed by atoms with Crippen LogP contribution >= 0.6 is 27.3 Å². The van der Waals surface area contributed by atoms with Crippen molar-refractivity contribution < 1.29 is 13.2 Å². The predicted molar refractivity (Wildman–Crippen MR) is 97.2 cm³/mol. The van der Waals surface area contributed by atoms with Gasteiger partial charge in [0, 0.05) is 16.4 Å². The summed E-state index contributed by atoms with van der Waals surface area (Å²) in [7, 11) is -1.86. The smallest absolute Gasteiger partial charge is 0.237 e. The highest BCUT2D eigenvalue weighted by Crippen LogP contribution is 2.18. The van der Waals surface area contributed by atoms with E-state index in [-0.39, 0.29) is 11.7 Å². The molecule has 2 aromatic rings. The molecule has 1 amide bonds. The van der Waals surface area contributed by atoms with Crippen molar-refractivity contribution in [3.8, 4) is 0 Å². The summed E-state index contributed by atoms with van der Waals surface area (Å²) in [5, 5.41) is 1.97. The van der Waals surface area contributed by atoms with E-state index in [2.05, 4.69) is 15.9 Å². The number of hydrogen-bond acceptors (Lipinski definition) is 4. The topological polar surface area (TPSA) is 54.5 Å². The molecule has 0 spiro atoms. The summed E-state index contributed by atoms with van der Waals surface area (Å²) in [6.45, 7) is 2.42. The first-order chi connectivity index (χ1) is 10.8. The van der Waals surface area contributed by atoms with Gasteiger partial charge in [-0.2, -0.15) is 0 Å². The van der Waals surface area contributed by atoms with Crippen molar-refractivity contribution in [3.63, 3.8) is 0 Å². The van der Waals surface area contributed by atoms with Gasteiger partial charge in [-0.05, 0) is 41.6 Å². The minimum Gasteiger partial charge on any atom is -0.340 e. The van der Waals surface area contributed by atoms with Crippen LogP contribution in [0.2, 0.25) is 0 Å². The van der Waals surface area contributed by atoms with Crippen molar-refractivity contribution in [2.24, 2.45) is 0 Å². The number of aryl methyl sites for hydroxylation is 1. The lowest BCUT2D eigenvalue weighted by atomic mass is 10.2. The Morgan fingerprint density at radius 1 is 1.30 bits per heavy atom. The van der Waals surface area contributed by atoms with Crippen molar-refractivity contribution >= 4 is 43.0 Å². The van der Waals surface area contributed by atoms with E-state index in [0.717, 1.165) is 14.9 Å². The highest BCUT2D eigenvalue weighted by Gasteiger charge is 2.21. The van der Waals surface area contributed by atoms with Crippen LogP contribution in [-0.2, 0) is 26.9 Å². The Kier molecular flexibility index (Phi) is 6.00. The molecule has 0 unspecified atom stereocenters. The van der Waals surface area contributed by atoms with Gasteiger partial charge in [-0.15, -0.1) is 11.3 Å². The number of sulfone groups is 1. The summed E-state index contributed by atoms with van der Waals surface area (Å²) >= 11 is 4.88. The first-order valence-corrected chi connectivity index (χ1v) is 10.5. The molecule has 0 fully saturated rings. The third kappa shape index (κ3) is 5.44. The maximum Gasteiger partial charge on any atom is 0.237 e. The van der Waals surface area contributed by atoms with Crippen LogP contribution in [0.15, 0.2) is 40.2 Å². The van der Waals surface area contributed by atoms with Gasteiger partial charge >= 0.3 is 0 Å². The first-order valence-electron chi connectivity index (χ1n) is 6.98. The van der Waals surface area contributed by atoms with Gasteiger partial charge in [0.2, 0.25) is 5.91 Å². The lowest BCUT2D eigenvalue weighted by molar-refractivity contribution is -0.127. The standard InChI is InChI=1S/C16H18BrNO3S2/c1-12-6-7-22-15(12)9-18(2)16(19)11-23(20,21)10-13-4-3-5-14(17)8-13/h3-8H,9-11H2,1-2H3. The van der Waals surface area contributed by atoms with Gasteiger partial charge in [-0.3, -0.25) is 4.79 Å². The monoisotopic (exact) mass is 415 g/mol. The van der Waals surface area contributed by atoms with Gasteiger partial charge in [0.05, 0.1) is 12.3 Å². The summed E-state index contributed by atoms with van der Waals surface area (Å²) in [6.07, 6.45) is 0. The second-order valence-electron chi connectivity index (χ2n) is 5.44. The van der Waals surface area contributed by atoms with Gasteiger partial charge in [0.25, 0.3) is 0 Å². The fraction of sp³-hybridized carbons (Fsp3) is 0.312. The Hall–Kier alpha value is -1.18. The van der Waals surface area contributed by atoms with E-state index in [9.17, 15) is 13.2 Å². The van der Waals surface area contributed by atoms with Crippen LogP contribution in [-0.4, -0.2) is 32.0 Å². The van der Waals surface area contributed by atoms with E-state index in [4.69, 9.17) is 0 Å². The fourth-order valence-corrected chi connectivity index (χ4v) is 4.89. The van der Waals surface area contributed by atoms with Crippen LogP contribution in [0, 0.1) is 6.92 Å². The molecule has 0 aliphatic carbocycles. The molecule has 0 N–H and O–H groups in total. The second kappa shape index (κ2) is 7.59. The summed E-state index contributed by atoms with van der Waals surface area (Å²) in [5.41, 5.74) is 1.79. The minimum atomic E-state index is -3.49. The highest BCUT2D eigenvalue weighted by molar-refractivity contribution is 9.10. The van der Waals surface area contributed by atoms with Gasteiger partial charge in [-0.25, -0.2) is 8.42 Å². The van der Waals surface area contributed by atoms with E-state index in [1.807, 2.05) is 24.4 Å². The quantitative estimate of drug-likeness (QED) is 0.726. The maximum absolute atomic E-state index is 12.2. The molecule has 7 heteroatoms. The Morgan fingerprint density at radius 2 is 2.04 bits per heavy atom. The lowest BCUT2D eigenvalue weighted by Crippen LogP contribution is -2.32. The van der Waals surface area contributed by atoms with Gasteiger partial charge < -0.3 is 4.90 Å². The molecule has 0 atom stereocenters. The van der Waals surface area contributed by atoms with Gasteiger partial charge in [0.1, 0.15) is 5.75 Å². The Morgan fingerprint density at radius 3 is 2.65 bits per heavy atom. The Bertz CT molecular complexity index is 799. The predicted octanol–water partition coefficient (Wildman–Crippen LogP) is 3.39. The molecule has 0 saturated heterocycles. The van der Waals surface area contributed by atoms with E-state index >= 15 is 0 Å². The zero-order chi connectivity index (χ0) is 17.0. The van der Waals surface area contributed by atoms with Crippen molar-refractivity contribution in [2.75, 3.05) is 12.8 Å². The van der Waals surface area contributed by atoms with Gasteiger partial charge in [-0.1, -0.05) is 28.1 Å². The second-order valence-corrected chi connectivity index (χ2v) is 9.42.